The van der Waals surface area contributed by atoms with Crippen LogP contribution in [0.4, 0.5) is 0 Å². The van der Waals surface area contributed by atoms with Gasteiger partial charge in [0.05, 0.1) is 13.7 Å². The van der Waals surface area contributed by atoms with Crippen molar-refractivity contribution in [1.82, 2.24) is 0 Å². The van der Waals surface area contributed by atoms with E-state index in [4.69, 9.17) is 9.47 Å². The van der Waals surface area contributed by atoms with Crippen LogP contribution in [0.1, 0.15) is 18.9 Å². The van der Waals surface area contributed by atoms with Gasteiger partial charge in [0.15, 0.2) is 11.5 Å². The summed E-state index contributed by atoms with van der Waals surface area (Å²) in [6, 6.07) is 5.43. The summed E-state index contributed by atoms with van der Waals surface area (Å²) in [5, 5.41) is 10.4. The highest BCUT2D eigenvalue weighted by Gasteiger charge is 2.09. The molecule has 0 N–H and O–H groups in total. The maximum Gasteiger partial charge on any atom is 0.164 e. The van der Waals surface area contributed by atoms with Crippen LogP contribution in [0.5, 0.6) is 11.5 Å². The Balaban J connectivity index is 2.92. The second-order valence-electron chi connectivity index (χ2n) is 3.25. The molecule has 0 spiro atoms. The Morgan fingerprint density at radius 1 is 1.44 bits per heavy atom. The summed E-state index contributed by atoms with van der Waals surface area (Å²) in [4.78, 5) is 10.4. The number of carbonyl (C=O) groups is 1. The molecule has 0 aliphatic rings. The monoisotopic (exact) mass is 223 g/mol. The summed E-state index contributed by atoms with van der Waals surface area (Å²) in [6.07, 6.45) is 0.363. The predicted molar refractivity (Wildman–Crippen MR) is 57.5 cm³/mol. The van der Waals surface area contributed by atoms with Gasteiger partial charge in [-0.2, -0.15) is 0 Å². The molecule has 1 aromatic rings. The molecule has 88 valence electrons. The van der Waals surface area contributed by atoms with E-state index in [1.54, 1.807) is 13.2 Å². The van der Waals surface area contributed by atoms with Gasteiger partial charge in [0.1, 0.15) is 0 Å². The number of aliphatic carboxylic acids is 1. The van der Waals surface area contributed by atoms with Crippen LogP contribution in [0.2, 0.25) is 0 Å². The Labute approximate surface area is 94.8 Å². The van der Waals surface area contributed by atoms with Crippen molar-refractivity contribution in [3.63, 3.8) is 0 Å². The van der Waals surface area contributed by atoms with E-state index in [1.165, 1.54) is 0 Å². The minimum absolute atomic E-state index is 0.0206. The topological polar surface area (TPSA) is 58.6 Å². The van der Waals surface area contributed by atoms with Crippen LogP contribution in [-0.2, 0) is 11.2 Å². The number of aryl methyl sites for hydroxylation is 1. The number of benzene rings is 1. The van der Waals surface area contributed by atoms with Gasteiger partial charge in [0.25, 0.3) is 0 Å². The molecule has 0 amide bonds. The lowest BCUT2D eigenvalue weighted by molar-refractivity contribution is -0.305. The van der Waals surface area contributed by atoms with Crippen LogP contribution < -0.4 is 14.6 Å². The molecule has 0 fully saturated rings. The molecule has 0 bridgehead atoms. The number of ether oxygens (including phenoxy) is 2. The zero-order valence-electron chi connectivity index (χ0n) is 9.49. The second-order valence-corrected chi connectivity index (χ2v) is 3.25. The Hall–Kier alpha value is -1.71. The van der Waals surface area contributed by atoms with Crippen LogP contribution in [-0.4, -0.2) is 19.7 Å². The number of methoxy groups -OCH3 is 1. The van der Waals surface area contributed by atoms with Crippen molar-refractivity contribution in [3.8, 4) is 11.5 Å². The van der Waals surface area contributed by atoms with E-state index >= 15 is 0 Å². The molecular weight excluding hydrogens is 208 g/mol. The molecule has 0 atom stereocenters. The van der Waals surface area contributed by atoms with Gasteiger partial charge in [-0.15, -0.1) is 0 Å². The van der Waals surface area contributed by atoms with Crippen LogP contribution in [0.3, 0.4) is 0 Å². The standard InChI is InChI=1S/C12H16O4/c1-3-16-12-9(7-8-11(13)14)5-4-6-10(12)15-2/h4-6H,3,7-8H2,1-2H3,(H,13,14)/p-1. The molecule has 0 radical (unpaired) electrons. The maximum absolute atomic E-state index is 10.4. The number of carboxylic acids is 1. The number of carbonyl (C=O) groups excluding carboxylic acids is 1. The Kier molecular flexibility index (Phi) is 4.64. The molecule has 16 heavy (non-hydrogen) atoms. The first-order valence-corrected chi connectivity index (χ1v) is 5.17. The average molecular weight is 223 g/mol. The van der Waals surface area contributed by atoms with E-state index in [2.05, 4.69) is 0 Å². The van der Waals surface area contributed by atoms with Crippen molar-refractivity contribution < 1.29 is 19.4 Å². The molecule has 1 rings (SSSR count). The maximum atomic E-state index is 10.4. The Morgan fingerprint density at radius 3 is 2.75 bits per heavy atom. The third-order valence-corrected chi connectivity index (χ3v) is 2.17. The number of carboxylic acid groups (broad SMARTS) is 1. The highest BCUT2D eigenvalue weighted by Crippen LogP contribution is 2.31. The minimum Gasteiger partial charge on any atom is -0.550 e. The van der Waals surface area contributed by atoms with E-state index in [-0.39, 0.29) is 6.42 Å². The number of hydrogen-bond acceptors (Lipinski definition) is 4. The number of hydrogen-bond donors (Lipinski definition) is 0. The summed E-state index contributed by atoms with van der Waals surface area (Å²) >= 11 is 0. The zero-order valence-corrected chi connectivity index (χ0v) is 9.49. The first-order chi connectivity index (χ1) is 7.69. The Bertz CT molecular complexity index is 360. The van der Waals surface area contributed by atoms with Gasteiger partial charge in [-0.05, 0) is 31.4 Å². The lowest BCUT2D eigenvalue weighted by Crippen LogP contribution is -2.22. The number of para-hydroxylation sites is 1. The fraction of sp³-hybridized carbons (Fsp3) is 0.417. The van der Waals surface area contributed by atoms with Crippen LogP contribution in [0.25, 0.3) is 0 Å². The van der Waals surface area contributed by atoms with E-state index < -0.39 is 5.97 Å². The molecule has 4 nitrogen and oxygen atoms in total. The van der Waals surface area contributed by atoms with Crippen molar-refractivity contribution in [2.45, 2.75) is 19.8 Å². The lowest BCUT2D eigenvalue weighted by atomic mass is 10.1. The predicted octanol–water partition coefficient (Wildman–Crippen LogP) is 0.776. The highest BCUT2D eigenvalue weighted by molar-refractivity contribution is 5.65. The molecule has 0 saturated heterocycles. The Morgan fingerprint density at radius 2 is 2.19 bits per heavy atom. The minimum atomic E-state index is -1.06. The largest absolute Gasteiger partial charge is 0.550 e. The molecule has 1 aromatic carbocycles. The fourth-order valence-corrected chi connectivity index (χ4v) is 1.46. The van der Waals surface area contributed by atoms with Gasteiger partial charge in [-0.1, -0.05) is 12.1 Å². The third kappa shape index (κ3) is 3.15. The fourth-order valence-electron chi connectivity index (χ4n) is 1.46. The van der Waals surface area contributed by atoms with E-state index in [9.17, 15) is 9.90 Å². The van der Waals surface area contributed by atoms with E-state index in [1.807, 2.05) is 19.1 Å². The quantitative estimate of drug-likeness (QED) is 0.715. The van der Waals surface area contributed by atoms with Gasteiger partial charge in [-0.3, -0.25) is 0 Å². The van der Waals surface area contributed by atoms with Crippen molar-refractivity contribution in [2.75, 3.05) is 13.7 Å². The molecule has 0 saturated carbocycles. The molecule has 0 unspecified atom stereocenters. The summed E-state index contributed by atoms with van der Waals surface area (Å²) in [7, 11) is 1.56. The van der Waals surface area contributed by atoms with Crippen molar-refractivity contribution in [3.05, 3.63) is 23.8 Å². The van der Waals surface area contributed by atoms with Crippen molar-refractivity contribution in [2.24, 2.45) is 0 Å². The molecular formula is C12H15O4-. The normalized spacial score (nSPS) is 9.88. The first kappa shape index (κ1) is 12.4. The van der Waals surface area contributed by atoms with E-state index in [0.717, 1.165) is 5.56 Å². The summed E-state index contributed by atoms with van der Waals surface area (Å²) in [5.74, 6) is 0.178. The smallest absolute Gasteiger partial charge is 0.164 e. The van der Waals surface area contributed by atoms with Gasteiger partial charge in [-0.25, -0.2) is 0 Å². The zero-order chi connectivity index (χ0) is 12.0. The van der Waals surface area contributed by atoms with Crippen LogP contribution in [0, 0.1) is 0 Å². The molecule has 0 aliphatic heterocycles. The molecule has 0 heterocycles. The van der Waals surface area contributed by atoms with Gasteiger partial charge < -0.3 is 19.4 Å². The summed E-state index contributed by atoms with van der Waals surface area (Å²) in [5.41, 5.74) is 0.824. The molecule has 0 aromatic heterocycles. The van der Waals surface area contributed by atoms with Crippen molar-refractivity contribution in [1.29, 1.82) is 0 Å². The van der Waals surface area contributed by atoms with Gasteiger partial charge in [0, 0.05) is 5.97 Å². The summed E-state index contributed by atoms with van der Waals surface area (Å²) in [6.45, 7) is 2.38. The molecule has 0 aliphatic carbocycles. The number of rotatable bonds is 6. The van der Waals surface area contributed by atoms with E-state index in [0.29, 0.717) is 24.5 Å². The summed E-state index contributed by atoms with van der Waals surface area (Å²) < 4.78 is 10.6. The average Bonchev–Trinajstić information content (AvgIpc) is 2.27. The van der Waals surface area contributed by atoms with Gasteiger partial charge in [0.2, 0.25) is 0 Å². The third-order valence-electron chi connectivity index (χ3n) is 2.17. The first-order valence-electron chi connectivity index (χ1n) is 5.17. The van der Waals surface area contributed by atoms with Crippen molar-refractivity contribution >= 4 is 5.97 Å². The SMILES string of the molecule is CCOc1c(CCC(=O)[O-])cccc1OC. The highest BCUT2D eigenvalue weighted by atomic mass is 16.5. The van der Waals surface area contributed by atoms with Crippen LogP contribution >= 0.6 is 0 Å². The van der Waals surface area contributed by atoms with Crippen LogP contribution in [0.15, 0.2) is 18.2 Å². The second kappa shape index (κ2) is 6.00. The van der Waals surface area contributed by atoms with Gasteiger partial charge >= 0.3 is 0 Å². The lowest BCUT2D eigenvalue weighted by Gasteiger charge is -2.14. The molecule has 4 heteroatoms.